The van der Waals surface area contributed by atoms with E-state index in [-0.39, 0.29) is 11.5 Å². The topological polar surface area (TPSA) is 88.8 Å². The summed E-state index contributed by atoms with van der Waals surface area (Å²) in [6, 6.07) is 1.53. The van der Waals surface area contributed by atoms with Crippen molar-refractivity contribution in [2.45, 2.75) is 50.4 Å². The third-order valence-electron chi connectivity index (χ3n) is 3.15. The normalized spacial score (nSPS) is 11.7. The molecule has 9 heteroatoms. The number of aromatic amines is 1. The van der Waals surface area contributed by atoms with E-state index in [1.165, 1.54) is 33.7 Å². The first-order valence-electron chi connectivity index (χ1n) is 7.50. The molecule has 122 valence electrons. The average molecular weight is 350 g/mol. The molecule has 0 saturated carbocycles. The molecule has 0 aliphatic heterocycles. The maximum atomic E-state index is 12.2. The van der Waals surface area contributed by atoms with Crippen molar-refractivity contribution in [3.8, 4) is 0 Å². The molecule has 0 fully saturated rings. The summed E-state index contributed by atoms with van der Waals surface area (Å²) in [6.45, 7) is 6.20. The quantitative estimate of drug-likeness (QED) is 0.688. The molecule has 0 saturated heterocycles. The van der Waals surface area contributed by atoms with Crippen LogP contribution in [0.1, 0.15) is 49.6 Å². The summed E-state index contributed by atoms with van der Waals surface area (Å²) in [7, 11) is 0. The number of hydrogen-bond acceptors (Lipinski definition) is 7. The molecule has 0 atom stereocenters. The molecule has 0 aliphatic carbocycles. The molecule has 1 N–H and O–H groups in total. The zero-order chi connectivity index (χ0) is 16.4. The van der Waals surface area contributed by atoms with Crippen LogP contribution in [0.25, 0.3) is 4.96 Å². The predicted molar refractivity (Wildman–Crippen MR) is 91.2 cm³/mol. The highest BCUT2D eigenvalue weighted by molar-refractivity contribution is 7.98. The number of aromatic nitrogens is 6. The van der Waals surface area contributed by atoms with Crippen LogP contribution >= 0.6 is 23.1 Å². The molecule has 0 radical (unpaired) electrons. The molecule has 7 nitrogen and oxygen atoms in total. The number of aryl methyl sites for hydroxylation is 1. The lowest BCUT2D eigenvalue weighted by atomic mass is 10.2. The molecule has 3 aromatic rings. The van der Waals surface area contributed by atoms with Crippen LogP contribution in [0.5, 0.6) is 0 Å². The highest BCUT2D eigenvalue weighted by Gasteiger charge is 2.12. The molecule has 0 spiro atoms. The number of rotatable bonds is 6. The fourth-order valence-corrected chi connectivity index (χ4v) is 3.64. The Morgan fingerprint density at radius 3 is 2.96 bits per heavy atom. The Balaban J connectivity index is 1.78. The van der Waals surface area contributed by atoms with Crippen LogP contribution < -0.4 is 5.56 Å². The van der Waals surface area contributed by atoms with Crippen molar-refractivity contribution in [1.29, 1.82) is 0 Å². The molecule has 3 heterocycles. The Labute approximate surface area is 141 Å². The Bertz CT molecular complexity index is 866. The van der Waals surface area contributed by atoms with Gasteiger partial charge in [0, 0.05) is 24.2 Å². The summed E-state index contributed by atoms with van der Waals surface area (Å²) >= 11 is 2.93. The zero-order valence-electron chi connectivity index (χ0n) is 13.2. The number of hydrogen-bond donors (Lipinski definition) is 1. The molecule has 0 aliphatic rings. The number of nitrogens with zero attached hydrogens (tertiary/aromatic N) is 5. The summed E-state index contributed by atoms with van der Waals surface area (Å²) in [5.74, 6) is 1.73. The minimum atomic E-state index is -0.143. The van der Waals surface area contributed by atoms with Gasteiger partial charge in [0.1, 0.15) is 10.8 Å². The second kappa shape index (κ2) is 6.79. The van der Waals surface area contributed by atoms with Crippen molar-refractivity contribution in [2.75, 3.05) is 0 Å². The lowest BCUT2D eigenvalue weighted by Crippen LogP contribution is -2.15. The summed E-state index contributed by atoms with van der Waals surface area (Å²) in [4.78, 5) is 21.7. The van der Waals surface area contributed by atoms with Crippen LogP contribution in [0.3, 0.4) is 0 Å². The molecule has 0 bridgehead atoms. The lowest BCUT2D eigenvalue weighted by molar-refractivity contribution is 0.782. The van der Waals surface area contributed by atoms with Crippen molar-refractivity contribution in [3.05, 3.63) is 32.9 Å². The molecule has 23 heavy (non-hydrogen) atoms. The average Bonchev–Trinajstić information content (AvgIpc) is 3.12. The van der Waals surface area contributed by atoms with Gasteiger partial charge in [0.25, 0.3) is 5.56 Å². The van der Waals surface area contributed by atoms with Gasteiger partial charge in [-0.1, -0.05) is 43.9 Å². The molecule has 3 aromatic heterocycles. The third kappa shape index (κ3) is 3.61. The molecular formula is C14H18N6OS2. The van der Waals surface area contributed by atoms with Gasteiger partial charge in [-0.3, -0.25) is 9.89 Å². The largest absolute Gasteiger partial charge is 0.275 e. The SMILES string of the molecule is CCCc1nc(SCc2cc(=O)n3nc(C(C)C)sc3n2)n[nH]1. The summed E-state index contributed by atoms with van der Waals surface area (Å²) in [5.41, 5.74) is 0.580. The molecule has 0 unspecified atom stereocenters. The van der Waals surface area contributed by atoms with Gasteiger partial charge in [-0.2, -0.15) is 9.61 Å². The van der Waals surface area contributed by atoms with Gasteiger partial charge in [-0.15, -0.1) is 5.10 Å². The van der Waals surface area contributed by atoms with E-state index in [0.29, 0.717) is 15.9 Å². The van der Waals surface area contributed by atoms with Crippen molar-refractivity contribution >= 4 is 28.1 Å². The standard InChI is InChI=1S/C14H18N6OS2/c1-4-5-10-16-13(18-17-10)22-7-9-6-11(21)20-14(15-9)23-12(19-20)8(2)3/h6,8H,4-5,7H2,1-3H3,(H,16,17,18). The van der Waals surface area contributed by atoms with Crippen molar-refractivity contribution in [2.24, 2.45) is 0 Å². The summed E-state index contributed by atoms with van der Waals surface area (Å²) < 4.78 is 1.38. The first-order valence-corrected chi connectivity index (χ1v) is 9.30. The van der Waals surface area contributed by atoms with Crippen molar-refractivity contribution in [3.63, 3.8) is 0 Å². The van der Waals surface area contributed by atoms with Gasteiger partial charge in [0.05, 0.1) is 5.69 Å². The van der Waals surface area contributed by atoms with E-state index in [1.807, 2.05) is 0 Å². The minimum absolute atomic E-state index is 0.143. The summed E-state index contributed by atoms with van der Waals surface area (Å²) in [6.07, 6.45) is 1.91. The van der Waals surface area contributed by atoms with E-state index in [9.17, 15) is 4.79 Å². The van der Waals surface area contributed by atoms with Gasteiger partial charge in [0.2, 0.25) is 10.1 Å². The van der Waals surface area contributed by atoms with E-state index in [4.69, 9.17) is 0 Å². The minimum Gasteiger partial charge on any atom is -0.267 e. The maximum absolute atomic E-state index is 12.2. The highest BCUT2D eigenvalue weighted by Crippen LogP contribution is 2.22. The van der Waals surface area contributed by atoms with Crippen molar-refractivity contribution in [1.82, 2.24) is 29.8 Å². The Morgan fingerprint density at radius 1 is 1.39 bits per heavy atom. The molecular weight excluding hydrogens is 332 g/mol. The van der Waals surface area contributed by atoms with Crippen LogP contribution in [-0.2, 0) is 12.2 Å². The monoisotopic (exact) mass is 350 g/mol. The number of fused-ring (bicyclic) bond motifs is 1. The highest BCUT2D eigenvalue weighted by atomic mass is 32.2. The van der Waals surface area contributed by atoms with Crippen LogP contribution in [-0.4, -0.2) is 29.8 Å². The first-order chi connectivity index (χ1) is 11.1. The number of thioether (sulfide) groups is 1. The van der Waals surface area contributed by atoms with Crippen molar-refractivity contribution < 1.29 is 0 Å². The van der Waals surface area contributed by atoms with Gasteiger partial charge < -0.3 is 0 Å². The maximum Gasteiger partial charge on any atom is 0.275 e. The van der Waals surface area contributed by atoms with Crippen LogP contribution in [0, 0.1) is 0 Å². The number of H-pyrrole nitrogens is 1. The molecule has 0 aromatic carbocycles. The van der Waals surface area contributed by atoms with E-state index >= 15 is 0 Å². The van der Waals surface area contributed by atoms with Gasteiger partial charge in [-0.25, -0.2) is 9.97 Å². The Hall–Kier alpha value is -1.74. The Kier molecular flexibility index (Phi) is 4.76. The fraction of sp³-hybridized carbons (Fsp3) is 0.500. The van der Waals surface area contributed by atoms with E-state index in [2.05, 4.69) is 46.0 Å². The second-order valence-electron chi connectivity index (χ2n) is 5.48. The lowest BCUT2D eigenvalue weighted by Gasteiger charge is -1.97. The zero-order valence-corrected chi connectivity index (χ0v) is 14.9. The molecule has 0 amide bonds. The second-order valence-corrected chi connectivity index (χ2v) is 7.41. The predicted octanol–water partition coefficient (Wildman–Crippen LogP) is 2.64. The third-order valence-corrected chi connectivity index (χ3v) is 5.24. The van der Waals surface area contributed by atoms with Gasteiger partial charge in [-0.05, 0) is 6.42 Å². The number of nitrogens with one attached hydrogen (secondary N) is 1. The van der Waals surface area contributed by atoms with E-state index in [1.54, 1.807) is 0 Å². The Morgan fingerprint density at radius 2 is 2.22 bits per heavy atom. The van der Waals surface area contributed by atoms with Crippen LogP contribution in [0.15, 0.2) is 16.0 Å². The first kappa shape index (κ1) is 16.1. The smallest absolute Gasteiger partial charge is 0.267 e. The molecule has 3 rings (SSSR count). The fourth-order valence-electron chi connectivity index (χ4n) is 2.01. The van der Waals surface area contributed by atoms with E-state index in [0.717, 1.165) is 29.4 Å². The van der Waals surface area contributed by atoms with Crippen LogP contribution in [0.4, 0.5) is 0 Å². The van der Waals surface area contributed by atoms with Gasteiger partial charge >= 0.3 is 0 Å². The summed E-state index contributed by atoms with van der Waals surface area (Å²) in [5, 5.41) is 13.0. The van der Waals surface area contributed by atoms with E-state index < -0.39 is 0 Å². The van der Waals surface area contributed by atoms with Gasteiger partial charge in [0.15, 0.2) is 0 Å². The van der Waals surface area contributed by atoms with Crippen LogP contribution in [0.2, 0.25) is 0 Å².